The van der Waals surface area contributed by atoms with Gasteiger partial charge in [-0.1, -0.05) is 56.7 Å². The van der Waals surface area contributed by atoms with Crippen LogP contribution in [0.1, 0.15) is 51.0 Å². The largest absolute Gasteiger partial charge is 0.493 e. The van der Waals surface area contributed by atoms with E-state index in [1.165, 1.54) is 38.4 Å². The molecule has 5 nitrogen and oxygen atoms in total. The number of benzene rings is 1. The molecule has 1 heterocycles. The summed E-state index contributed by atoms with van der Waals surface area (Å²) in [5.41, 5.74) is 0.778. The third-order valence-electron chi connectivity index (χ3n) is 4.52. The fraction of sp³-hybridized carbons (Fsp3) is 0.500. The van der Waals surface area contributed by atoms with Gasteiger partial charge in [0, 0.05) is 6.54 Å². The minimum absolute atomic E-state index is 0.0341. The summed E-state index contributed by atoms with van der Waals surface area (Å²) in [6.07, 6.45) is 6.52. The molecule has 1 aliphatic rings. The Balaban J connectivity index is 2.08. The molecular formula is C20H26ClNO4. The second kappa shape index (κ2) is 9.62. The van der Waals surface area contributed by atoms with Gasteiger partial charge in [0.25, 0.3) is 11.8 Å². The lowest BCUT2D eigenvalue weighted by Crippen LogP contribution is -2.32. The number of nitrogens with zero attached hydrogens (tertiary/aromatic N) is 1. The van der Waals surface area contributed by atoms with E-state index in [2.05, 4.69) is 6.92 Å². The highest BCUT2D eigenvalue weighted by atomic mass is 35.5. The third-order valence-corrected chi connectivity index (χ3v) is 4.87. The zero-order valence-electron chi connectivity index (χ0n) is 15.6. The lowest BCUT2D eigenvalue weighted by Gasteiger charge is -2.15. The van der Waals surface area contributed by atoms with Crippen LogP contribution < -0.4 is 9.47 Å². The number of unbranched alkanes of at least 4 members (excludes halogenated alkanes) is 5. The average molecular weight is 380 g/mol. The van der Waals surface area contributed by atoms with E-state index in [4.69, 9.17) is 21.1 Å². The van der Waals surface area contributed by atoms with E-state index in [9.17, 15) is 9.59 Å². The average Bonchev–Trinajstić information content (AvgIpc) is 2.87. The van der Waals surface area contributed by atoms with Crippen molar-refractivity contribution in [1.29, 1.82) is 0 Å². The second-order valence-electron chi connectivity index (χ2n) is 6.29. The zero-order valence-corrected chi connectivity index (χ0v) is 16.4. The summed E-state index contributed by atoms with van der Waals surface area (Å²) in [5.74, 6) is 0.265. The van der Waals surface area contributed by atoms with Crippen LogP contribution in [0.15, 0.2) is 23.2 Å². The maximum Gasteiger partial charge on any atom is 0.273 e. The Labute approximate surface area is 159 Å². The van der Waals surface area contributed by atoms with E-state index in [-0.39, 0.29) is 16.5 Å². The Morgan fingerprint density at radius 2 is 1.58 bits per heavy atom. The lowest BCUT2D eigenvalue weighted by molar-refractivity contribution is -0.136. The van der Waals surface area contributed by atoms with Crippen molar-refractivity contribution in [3.8, 4) is 11.5 Å². The van der Waals surface area contributed by atoms with Crippen LogP contribution in [-0.2, 0) is 9.59 Å². The maximum absolute atomic E-state index is 12.7. The van der Waals surface area contributed by atoms with Crippen molar-refractivity contribution in [3.63, 3.8) is 0 Å². The van der Waals surface area contributed by atoms with Crippen LogP contribution in [0.25, 0.3) is 5.57 Å². The number of hydrogen-bond donors (Lipinski definition) is 0. The van der Waals surface area contributed by atoms with E-state index >= 15 is 0 Å². The molecule has 0 N–H and O–H groups in total. The monoisotopic (exact) mass is 379 g/mol. The predicted octanol–water partition coefficient (Wildman–Crippen LogP) is 4.38. The maximum atomic E-state index is 12.7. The molecule has 0 atom stereocenters. The fourth-order valence-corrected chi connectivity index (χ4v) is 3.33. The molecule has 1 aliphatic heterocycles. The number of carbonyl (C=O) groups excluding carboxylic acids is 2. The van der Waals surface area contributed by atoms with Crippen LogP contribution >= 0.6 is 11.6 Å². The van der Waals surface area contributed by atoms with Crippen LogP contribution in [-0.4, -0.2) is 37.5 Å². The minimum atomic E-state index is -0.421. The summed E-state index contributed by atoms with van der Waals surface area (Å²) in [6, 6.07) is 5.06. The number of hydrogen-bond acceptors (Lipinski definition) is 4. The molecule has 142 valence electrons. The van der Waals surface area contributed by atoms with Gasteiger partial charge in [-0.3, -0.25) is 14.5 Å². The number of imide groups is 1. The minimum Gasteiger partial charge on any atom is -0.493 e. The van der Waals surface area contributed by atoms with Crippen molar-refractivity contribution in [1.82, 2.24) is 4.90 Å². The van der Waals surface area contributed by atoms with Crippen molar-refractivity contribution >= 4 is 29.0 Å². The van der Waals surface area contributed by atoms with Crippen LogP contribution in [0, 0.1) is 0 Å². The summed E-state index contributed by atoms with van der Waals surface area (Å²) in [7, 11) is 3.06. The number of carbonyl (C=O) groups is 2. The van der Waals surface area contributed by atoms with Gasteiger partial charge < -0.3 is 9.47 Å². The quantitative estimate of drug-likeness (QED) is 0.447. The van der Waals surface area contributed by atoms with E-state index in [0.29, 0.717) is 23.6 Å². The molecule has 0 unspecified atom stereocenters. The van der Waals surface area contributed by atoms with Gasteiger partial charge in [-0.15, -0.1) is 0 Å². The molecule has 1 aromatic carbocycles. The van der Waals surface area contributed by atoms with Gasteiger partial charge in [0.1, 0.15) is 5.03 Å². The van der Waals surface area contributed by atoms with Crippen molar-refractivity contribution in [2.24, 2.45) is 0 Å². The molecule has 26 heavy (non-hydrogen) atoms. The molecular weight excluding hydrogens is 354 g/mol. The third kappa shape index (κ3) is 4.39. The Bertz CT molecular complexity index is 699. The first-order valence-corrected chi connectivity index (χ1v) is 9.41. The second-order valence-corrected chi connectivity index (χ2v) is 6.67. The molecule has 0 radical (unpaired) electrons. The predicted molar refractivity (Wildman–Crippen MR) is 102 cm³/mol. The Morgan fingerprint density at radius 3 is 2.23 bits per heavy atom. The van der Waals surface area contributed by atoms with Crippen LogP contribution in [0.2, 0.25) is 0 Å². The van der Waals surface area contributed by atoms with E-state index in [1.807, 2.05) is 0 Å². The first-order valence-electron chi connectivity index (χ1n) is 9.03. The van der Waals surface area contributed by atoms with Crippen molar-refractivity contribution < 1.29 is 19.1 Å². The molecule has 2 amide bonds. The summed E-state index contributed by atoms with van der Waals surface area (Å²) in [6.45, 7) is 2.57. The molecule has 0 spiro atoms. The number of methoxy groups -OCH3 is 2. The van der Waals surface area contributed by atoms with Gasteiger partial charge in [0.2, 0.25) is 0 Å². The summed E-state index contributed by atoms with van der Waals surface area (Å²) in [5, 5.41) is -0.0341. The van der Waals surface area contributed by atoms with Gasteiger partial charge >= 0.3 is 0 Å². The Kier molecular flexibility index (Phi) is 7.51. The Morgan fingerprint density at radius 1 is 0.923 bits per heavy atom. The number of rotatable bonds is 10. The van der Waals surface area contributed by atoms with Gasteiger partial charge in [0.05, 0.1) is 19.8 Å². The molecule has 0 bridgehead atoms. The van der Waals surface area contributed by atoms with Gasteiger partial charge in [0.15, 0.2) is 11.5 Å². The molecule has 0 saturated heterocycles. The molecule has 0 saturated carbocycles. The first kappa shape index (κ1) is 20.3. The summed E-state index contributed by atoms with van der Waals surface area (Å²) >= 11 is 6.20. The van der Waals surface area contributed by atoms with Crippen molar-refractivity contribution in [2.45, 2.75) is 45.4 Å². The van der Waals surface area contributed by atoms with Crippen LogP contribution in [0.4, 0.5) is 0 Å². The normalized spacial score (nSPS) is 14.4. The fourth-order valence-electron chi connectivity index (χ4n) is 3.04. The summed E-state index contributed by atoms with van der Waals surface area (Å²) < 4.78 is 10.5. The summed E-state index contributed by atoms with van der Waals surface area (Å²) in [4.78, 5) is 26.4. The number of ether oxygens (including phenoxy) is 2. The molecule has 0 aliphatic carbocycles. The van der Waals surface area contributed by atoms with Crippen molar-refractivity contribution in [3.05, 3.63) is 28.8 Å². The van der Waals surface area contributed by atoms with E-state index in [1.54, 1.807) is 18.2 Å². The van der Waals surface area contributed by atoms with Crippen LogP contribution in [0.3, 0.4) is 0 Å². The number of amides is 2. The zero-order chi connectivity index (χ0) is 19.1. The molecule has 1 aromatic rings. The highest BCUT2D eigenvalue weighted by molar-refractivity contribution is 6.55. The lowest BCUT2D eigenvalue weighted by atomic mass is 10.1. The van der Waals surface area contributed by atoms with E-state index < -0.39 is 5.91 Å². The van der Waals surface area contributed by atoms with Gasteiger partial charge in [-0.25, -0.2) is 0 Å². The topological polar surface area (TPSA) is 55.8 Å². The van der Waals surface area contributed by atoms with Crippen molar-refractivity contribution in [2.75, 3.05) is 20.8 Å². The van der Waals surface area contributed by atoms with Crippen LogP contribution in [0.5, 0.6) is 11.5 Å². The smallest absolute Gasteiger partial charge is 0.273 e. The Hall–Kier alpha value is -2.01. The number of halogens is 1. The molecule has 0 aromatic heterocycles. The van der Waals surface area contributed by atoms with Gasteiger partial charge in [-0.2, -0.15) is 0 Å². The highest BCUT2D eigenvalue weighted by Crippen LogP contribution is 2.36. The molecule has 0 fully saturated rings. The highest BCUT2D eigenvalue weighted by Gasteiger charge is 2.37. The first-order chi connectivity index (χ1) is 12.5. The van der Waals surface area contributed by atoms with E-state index in [0.717, 1.165) is 19.3 Å². The standard InChI is InChI=1S/C20H26ClNO4/c1-4-5-6-7-8-9-12-22-19(23)17(18(21)20(22)24)14-10-11-15(25-2)16(13-14)26-3/h10-11,13H,4-9,12H2,1-3H3. The molecule has 2 rings (SSSR count). The van der Waals surface area contributed by atoms with Gasteiger partial charge in [-0.05, 0) is 24.1 Å². The SMILES string of the molecule is CCCCCCCCN1C(=O)C(Cl)=C(c2ccc(OC)c(OC)c2)C1=O. The molecule has 6 heteroatoms.